The highest BCUT2D eigenvalue weighted by Crippen LogP contribution is 2.25. The maximum Gasteiger partial charge on any atom is 0.271 e. The Bertz CT molecular complexity index is 701. The maximum absolute atomic E-state index is 12.1. The van der Waals surface area contributed by atoms with Gasteiger partial charge in [-0.05, 0) is 24.4 Å². The number of rotatable bonds is 5. The van der Waals surface area contributed by atoms with E-state index in [2.05, 4.69) is 5.32 Å². The van der Waals surface area contributed by atoms with Crippen LogP contribution in [0.3, 0.4) is 0 Å². The van der Waals surface area contributed by atoms with E-state index in [9.17, 15) is 20.0 Å². The van der Waals surface area contributed by atoms with Crippen molar-refractivity contribution in [2.45, 2.75) is 12.5 Å². The second-order valence-corrected chi connectivity index (χ2v) is 6.27. The maximum atomic E-state index is 12.1. The van der Waals surface area contributed by atoms with Crippen LogP contribution >= 0.6 is 22.9 Å². The number of thiophene rings is 1. The molecule has 116 valence electrons. The minimum atomic E-state index is -1.21. The molecule has 1 amide bonds. The van der Waals surface area contributed by atoms with Gasteiger partial charge in [0.25, 0.3) is 11.6 Å². The van der Waals surface area contributed by atoms with E-state index in [1.807, 2.05) is 5.38 Å². The number of nitro groups is 1. The monoisotopic (exact) mass is 340 g/mol. The predicted molar refractivity (Wildman–Crippen MR) is 84.3 cm³/mol. The lowest BCUT2D eigenvalue weighted by Crippen LogP contribution is -2.38. The summed E-state index contributed by atoms with van der Waals surface area (Å²) in [6, 6.07) is 7.21. The van der Waals surface area contributed by atoms with Crippen molar-refractivity contribution in [1.82, 2.24) is 5.32 Å². The largest absolute Gasteiger partial charge is 0.383 e. The number of carbonyl (C=O) groups is 1. The number of nitrogens with one attached hydrogen (secondary N) is 1. The van der Waals surface area contributed by atoms with Crippen LogP contribution in [0.1, 0.15) is 22.2 Å². The van der Waals surface area contributed by atoms with Crippen molar-refractivity contribution in [3.8, 4) is 0 Å². The second-order valence-electron chi connectivity index (χ2n) is 4.89. The molecule has 1 heterocycles. The third-order valence-corrected chi connectivity index (χ3v) is 4.34. The molecule has 0 spiro atoms. The lowest BCUT2D eigenvalue weighted by atomic mass is 10.0. The molecule has 1 aromatic heterocycles. The highest BCUT2D eigenvalue weighted by molar-refractivity contribution is 7.10. The van der Waals surface area contributed by atoms with Crippen LogP contribution < -0.4 is 5.32 Å². The number of nitro benzene ring substituents is 1. The number of hydrogen-bond donors (Lipinski definition) is 2. The summed E-state index contributed by atoms with van der Waals surface area (Å²) in [5, 5.41) is 25.6. The molecule has 0 bridgehead atoms. The highest BCUT2D eigenvalue weighted by atomic mass is 35.5. The number of benzene rings is 1. The number of halogens is 1. The fraction of sp³-hybridized carbons (Fsp3) is 0.214. The van der Waals surface area contributed by atoms with Crippen molar-refractivity contribution >= 4 is 34.5 Å². The van der Waals surface area contributed by atoms with Crippen LogP contribution in [0.15, 0.2) is 35.7 Å². The van der Waals surface area contributed by atoms with Gasteiger partial charge in [-0.25, -0.2) is 0 Å². The number of amides is 1. The van der Waals surface area contributed by atoms with Crippen molar-refractivity contribution in [3.63, 3.8) is 0 Å². The molecule has 0 aliphatic carbocycles. The van der Waals surface area contributed by atoms with Crippen molar-refractivity contribution in [3.05, 3.63) is 61.3 Å². The molecular formula is C14H13ClN2O4S. The predicted octanol–water partition coefficient (Wildman–Crippen LogP) is 2.95. The molecule has 0 saturated carbocycles. The van der Waals surface area contributed by atoms with E-state index in [0.717, 1.165) is 6.07 Å². The summed E-state index contributed by atoms with van der Waals surface area (Å²) in [4.78, 5) is 23.0. The molecule has 0 fully saturated rings. The Kier molecular flexibility index (Phi) is 4.80. The van der Waals surface area contributed by atoms with E-state index in [4.69, 9.17) is 11.6 Å². The Hall–Kier alpha value is -1.96. The standard InChI is InChI=1S/C14H13ClN2O4S/c1-14(19,12-3-2-4-22-12)8-16-13(18)9-5-10(15)7-11(6-9)17(20)21/h2-7,19H,8H2,1H3,(H,16,18). The third kappa shape index (κ3) is 3.82. The summed E-state index contributed by atoms with van der Waals surface area (Å²) < 4.78 is 0. The van der Waals surface area contributed by atoms with Gasteiger partial charge < -0.3 is 10.4 Å². The number of non-ortho nitro benzene ring substituents is 1. The Morgan fingerprint density at radius 1 is 1.50 bits per heavy atom. The molecule has 2 N–H and O–H groups in total. The molecule has 8 heteroatoms. The fourth-order valence-corrected chi connectivity index (χ4v) is 2.85. The first kappa shape index (κ1) is 16.4. The quantitative estimate of drug-likeness (QED) is 0.646. The Morgan fingerprint density at radius 3 is 2.82 bits per heavy atom. The van der Waals surface area contributed by atoms with Crippen LogP contribution in [0.2, 0.25) is 5.02 Å². The summed E-state index contributed by atoms with van der Waals surface area (Å²) in [6.45, 7) is 1.56. The van der Waals surface area contributed by atoms with Crippen LogP contribution in [-0.2, 0) is 5.60 Å². The first-order chi connectivity index (χ1) is 10.3. The van der Waals surface area contributed by atoms with E-state index < -0.39 is 16.4 Å². The van der Waals surface area contributed by atoms with Crippen LogP contribution in [0.4, 0.5) is 5.69 Å². The Labute approximate surface area is 135 Å². The number of carbonyl (C=O) groups excluding carboxylic acids is 1. The third-order valence-electron chi connectivity index (χ3n) is 3.00. The van der Waals surface area contributed by atoms with Crippen molar-refractivity contribution in [2.24, 2.45) is 0 Å². The van der Waals surface area contributed by atoms with Gasteiger partial charge in [0.05, 0.1) is 11.5 Å². The fourth-order valence-electron chi connectivity index (χ4n) is 1.84. The van der Waals surface area contributed by atoms with Crippen LogP contribution in [0.5, 0.6) is 0 Å². The molecule has 0 aliphatic rings. The van der Waals surface area contributed by atoms with Crippen LogP contribution in [-0.4, -0.2) is 22.5 Å². The van der Waals surface area contributed by atoms with Crippen LogP contribution in [0, 0.1) is 10.1 Å². The minimum Gasteiger partial charge on any atom is -0.383 e. The Balaban J connectivity index is 2.11. The van der Waals surface area contributed by atoms with Gasteiger partial charge in [0, 0.05) is 27.6 Å². The molecule has 2 rings (SSSR count). The first-order valence-corrected chi connectivity index (χ1v) is 7.55. The average Bonchev–Trinajstić information content (AvgIpc) is 2.99. The molecule has 22 heavy (non-hydrogen) atoms. The molecule has 6 nitrogen and oxygen atoms in total. The Morgan fingerprint density at radius 2 is 2.23 bits per heavy atom. The van der Waals surface area contributed by atoms with Crippen LogP contribution in [0.25, 0.3) is 0 Å². The summed E-state index contributed by atoms with van der Waals surface area (Å²) in [5.41, 5.74) is -1.40. The van der Waals surface area contributed by atoms with E-state index >= 15 is 0 Å². The van der Waals surface area contributed by atoms with E-state index in [0.29, 0.717) is 4.88 Å². The molecule has 0 radical (unpaired) electrons. The van der Waals surface area contributed by atoms with Gasteiger partial charge in [0.2, 0.25) is 0 Å². The number of aliphatic hydroxyl groups is 1. The highest BCUT2D eigenvalue weighted by Gasteiger charge is 2.25. The summed E-state index contributed by atoms with van der Waals surface area (Å²) >= 11 is 7.15. The van der Waals surface area contributed by atoms with Gasteiger partial charge >= 0.3 is 0 Å². The average molecular weight is 341 g/mol. The first-order valence-electron chi connectivity index (χ1n) is 6.29. The number of hydrogen-bond acceptors (Lipinski definition) is 5. The normalized spacial score (nSPS) is 13.4. The van der Waals surface area contributed by atoms with Crippen molar-refractivity contribution in [2.75, 3.05) is 6.54 Å². The molecular weight excluding hydrogens is 328 g/mol. The SMILES string of the molecule is CC(O)(CNC(=O)c1cc(Cl)cc([N+](=O)[O-])c1)c1cccs1. The summed E-state index contributed by atoms with van der Waals surface area (Å²) in [6.07, 6.45) is 0. The molecule has 1 atom stereocenters. The zero-order chi connectivity index (χ0) is 16.3. The summed E-state index contributed by atoms with van der Waals surface area (Å²) in [5.74, 6) is -0.539. The van der Waals surface area contributed by atoms with Crippen molar-refractivity contribution in [1.29, 1.82) is 0 Å². The molecule has 1 aromatic carbocycles. The second kappa shape index (κ2) is 6.43. The van der Waals surface area contributed by atoms with Gasteiger partial charge in [-0.2, -0.15) is 0 Å². The molecule has 0 aliphatic heterocycles. The minimum absolute atomic E-state index is 0.0212. The zero-order valence-corrected chi connectivity index (χ0v) is 13.1. The lowest BCUT2D eigenvalue weighted by Gasteiger charge is -2.22. The van der Waals surface area contributed by atoms with Crippen molar-refractivity contribution < 1.29 is 14.8 Å². The van der Waals surface area contributed by atoms with Gasteiger partial charge in [-0.15, -0.1) is 11.3 Å². The van der Waals surface area contributed by atoms with Gasteiger partial charge in [0.15, 0.2) is 0 Å². The van der Waals surface area contributed by atoms with E-state index in [1.165, 1.54) is 23.5 Å². The van der Waals surface area contributed by atoms with E-state index in [-0.39, 0.29) is 22.8 Å². The van der Waals surface area contributed by atoms with Gasteiger partial charge in [-0.3, -0.25) is 14.9 Å². The van der Waals surface area contributed by atoms with E-state index in [1.54, 1.807) is 19.1 Å². The van der Waals surface area contributed by atoms with Gasteiger partial charge in [-0.1, -0.05) is 17.7 Å². The number of nitrogens with zero attached hydrogens (tertiary/aromatic N) is 1. The molecule has 2 aromatic rings. The zero-order valence-electron chi connectivity index (χ0n) is 11.6. The molecule has 0 saturated heterocycles. The summed E-state index contributed by atoms with van der Waals surface area (Å²) in [7, 11) is 0. The molecule has 1 unspecified atom stereocenters. The topological polar surface area (TPSA) is 92.5 Å². The van der Waals surface area contributed by atoms with Gasteiger partial charge in [0.1, 0.15) is 5.60 Å². The smallest absolute Gasteiger partial charge is 0.271 e. The lowest BCUT2D eigenvalue weighted by molar-refractivity contribution is -0.384.